The Morgan fingerprint density at radius 3 is 2.47 bits per heavy atom. The van der Waals surface area contributed by atoms with Crippen molar-refractivity contribution in [1.82, 2.24) is 10.2 Å². The van der Waals surface area contributed by atoms with Gasteiger partial charge in [-0.25, -0.2) is 0 Å². The van der Waals surface area contributed by atoms with Crippen molar-refractivity contribution in [3.05, 3.63) is 34.0 Å². The van der Waals surface area contributed by atoms with Crippen LogP contribution in [0.1, 0.15) is 11.1 Å². The number of hydrogen-bond acceptors (Lipinski definition) is 4. The Morgan fingerprint density at radius 1 is 1.11 bits per heavy atom. The van der Waals surface area contributed by atoms with Crippen LogP contribution in [0.3, 0.4) is 0 Å². The molecule has 5 heteroatoms. The minimum atomic E-state index is 0.656. The van der Waals surface area contributed by atoms with Gasteiger partial charge in [-0.1, -0.05) is 18.3 Å². The number of nitrogens with one attached hydrogen (secondary N) is 1. The molecule has 100 valence electrons. The molecule has 1 aromatic carbocycles. The number of nitrogens with zero attached hydrogens (tertiary/aromatic N) is 1. The van der Waals surface area contributed by atoms with Gasteiger partial charge in [0.1, 0.15) is 4.64 Å². The number of benzene rings is 1. The molecule has 0 saturated carbocycles. The van der Waals surface area contributed by atoms with Crippen LogP contribution >= 0.6 is 12.2 Å². The third-order valence-electron chi connectivity index (χ3n) is 3.19. The molecule has 1 heterocycles. The van der Waals surface area contributed by atoms with Gasteiger partial charge in [0.15, 0.2) is 11.5 Å². The Hall–Kier alpha value is -1.88. The molecule has 0 saturated heterocycles. The maximum Gasteiger partial charge on any atom is 0.170 e. The second-order valence-electron chi connectivity index (χ2n) is 4.19. The highest BCUT2D eigenvalue weighted by atomic mass is 32.1. The molecule has 1 aromatic heterocycles. The predicted molar refractivity (Wildman–Crippen MR) is 77.4 cm³/mol. The fourth-order valence-electron chi connectivity index (χ4n) is 1.96. The smallest absolute Gasteiger partial charge is 0.170 e. The molecule has 0 radical (unpaired) electrons. The van der Waals surface area contributed by atoms with Gasteiger partial charge < -0.3 is 9.47 Å². The molecule has 2 rings (SSSR count). The molecule has 0 amide bonds. The zero-order valence-corrected chi connectivity index (χ0v) is 12.2. The largest absolute Gasteiger partial charge is 0.493 e. The fraction of sp³-hybridized carbons (Fsp3) is 0.286. The maximum atomic E-state index is 5.44. The summed E-state index contributed by atoms with van der Waals surface area (Å²) in [6, 6.07) is 5.72. The van der Waals surface area contributed by atoms with E-state index in [2.05, 4.69) is 10.2 Å². The van der Waals surface area contributed by atoms with Crippen molar-refractivity contribution < 1.29 is 9.47 Å². The summed E-state index contributed by atoms with van der Waals surface area (Å²) in [5.74, 6) is 1.35. The van der Waals surface area contributed by atoms with Gasteiger partial charge in [0.2, 0.25) is 0 Å². The molecule has 0 bridgehead atoms. The van der Waals surface area contributed by atoms with Crippen LogP contribution in [0.4, 0.5) is 0 Å². The Bertz CT molecular complexity index is 665. The molecule has 0 unspecified atom stereocenters. The first-order chi connectivity index (χ1) is 9.10. The van der Waals surface area contributed by atoms with Crippen LogP contribution in [0, 0.1) is 18.5 Å². The third-order valence-corrected chi connectivity index (χ3v) is 3.58. The summed E-state index contributed by atoms with van der Waals surface area (Å²) in [7, 11) is 3.24. The van der Waals surface area contributed by atoms with Gasteiger partial charge in [0.25, 0.3) is 0 Å². The summed E-state index contributed by atoms with van der Waals surface area (Å²) < 4.78 is 11.4. The van der Waals surface area contributed by atoms with Gasteiger partial charge in [-0.3, -0.25) is 5.10 Å². The second-order valence-corrected chi connectivity index (χ2v) is 4.60. The van der Waals surface area contributed by atoms with Crippen LogP contribution in [-0.4, -0.2) is 24.4 Å². The van der Waals surface area contributed by atoms with Crippen molar-refractivity contribution in [3.8, 4) is 22.8 Å². The number of H-pyrrole nitrogens is 1. The van der Waals surface area contributed by atoms with Gasteiger partial charge >= 0.3 is 0 Å². The first-order valence-electron chi connectivity index (χ1n) is 5.87. The van der Waals surface area contributed by atoms with E-state index in [-0.39, 0.29) is 0 Å². The number of methoxy groups -OCH3 is 2. The zero-order valence-electron chi connectivity index (χ0n) is 11.4. The average molecular weight is 276 g/mol. The van der Waals surface area contributed by atoms with Gasteiger partial charge in [0.05, 0.1) is 19.9 Å². The Kier molecular flexibility index (Phi) is 3.85. The number of hydrogen-bond donors (Lipinski definition) is 1. The summed E-state index contributed by atoms with van der Waals surface area (Å²) in [6.45, 7) is 3.98. The molecular formula is C14H16N2O2S. The first kappa shape index (κ1) is 13.5. The van der Waals surface area contributed by atoms with Crippen molar-refractivity contribution >= 4 is 12.2 Å². The molecule has 4 nitrogen and oxygen atoms in total. The monoisotopic (exact) mass is 276 g/mol. The van der Waals surface area contributed by atoms with Crippen LogP contribution in [0.2, 0.25) is 0 Å². The summed E-state index contributed by atoms with van der Waals surface area (Å²) >= 11 is 5.19. The molecule has 0 aliphatic carbocycles. The van der Waals surface area contributed by atoms with Gasteiger partial charge in [-0.2, -0.15) is 5.10 Å². The van der Waals surface area contributed by atoms with E-state index in [1.807, 2.05) is 32.0 Å². The third kappa shape index (κ3) is 2.33. The molecule has 0 aliphatic rings. The number of aromatic nitrogens is 2. The molecule has 0 aliphatic heterocycles. The van der Waals surface area contributed by atoms with E-state index in [0.29, 0.717) is 16.1 Å². The average Bonchev–Trinajstić information content (AvgIpc) is 2.44. The topological polar surface area (TPSA) is 47.1 Å². The van der Waals surface area contributed by atoms with Crippen LogP contribution in [0.5, 0.6) is 11.5 Å². The summed E-state index contributed by atoms with van der Waals surface area (Å²) in [5.41, 5.74) is 3.76. The number of aromatic amines is 1. The standard InChI is InChI=1S/C14H16N2O2S/c1-8-9(2)14(19)16-15-12(8)10-6-5-7-11(17-3)13(10)18-4/h5-7H,1-4H3,(H,16,19). The van der Waals surface area contributed by atoms with Crippen molar-refractivity contribution in [2.24, 2.45) is 0 Å². The van der Waals surface area contributed by atoms with Gasteiger partial charge in [-0.15, -0.1) is 0 Å². The molecule has 0 spiro atoms. The minimum Gasteiger partial charge on any atom is -0.493 e. The van der Waals surface area contributed by atoms with Crippen molar-refractivity contribution in [1.29, 1.82) is 0 Å². The molecule has 2 aromatic rings. The van der Waals surface area contributed by atoms with E-state index in [1.165, 1.54) is 0 Å². The second kappa shape index (κ2) is 5.40. The van der Waals surface area contributed by atoms with E-state index in [0.717, 1.165) is 22.4 Å². The lowest BCUT2D eigenvalue weighted by Crippen LogP contribution is -1.99. The molecule has 0 fully saturated rings. The molecule has 1 N–H and O–H groups in total. The highest BCUT2D eigenvalue weighted by Crippen LogP contribution is 2.38. The number of para-hydroxylation sites is 1. The quantitative estimate of drug-likeness (QED) is 0.872. The van der Waals surface area contributed by atoms with Crippen molar-refractivity contribution in [2.75, 3.05) is 14.2 Å². The maximum absolute atomic E-state index is 5.44. The molecule has 19 heavy (non-hydrogen) atoms. The van der Waals surface area contributed by atoms with E-state index in [1.54, 1.807) is 14.2 Å². The molecule has 0 atom stereocenters. The number of rotatable bonds is 3. The minimum absolute atomic E-state index is 0.656. The Morgan fingerprint density at radius 2 is 1.84 bits per heavy atom. The van der Waals surface area contributed by atoms with Crippen LogP contribution in [0.15, 0.2) is 18.2 Å². The normalized spacial score (nSPS) is 10.3. The fourth-order valence-corrected chi connectivity index (χ4v) is 2.16. The highest BCUT2D eigenvalue weighted by Gasteiger charge is 2.15. The summed E-state index contributed by atoms with van der Waals surface area (Å²) in [6.07, 6.45) is 0. The Balaban J connectivity index is 2.72. The van der Waals surface area contributed by atoms with E-state index >= 15 is 0 Å². The lowest BCUT2D eigenvalue weighted by molar-refractivity contribution is 0.356. The molecular weight excluding hydrogens is 260 g/mol. The van der Waals surface area contributed by atoms with Crippen LogP contribution in [0.25, 0.3) is 11.3 Å². The van der Waals surface area contributed by atoms with E-state index in [4.69, 9.17) is 21.7 Å². The van der Waals surface area contributed by atoms with E-state index in [9.17, 15) is 0 Å². The zero-order chi connectivity index (χ0) is 14.0. The first-order valence-corrected chi connectivity index (χ1v) is 6.28. The van der Waals surface area contributed by atoms with Crippen LogP contribution in [-0.2, 0) is 0 Å². The summed E-state index contributed by atoms with van der Waals surface area (Å²) in [5, 5.41) is 7.19. The lowest BCUT2D eigenvalue weighted by atomic mass is 10.0. The van der Waals surface area contributed by atoms with Gasteiger partial charge in [-0.05, 0) is 37.1 Å². The van der Waals surface area contributed by atoms with Gasteiger partial charge in [0, 0.05) is 5.56 Å². The number of ether oxygens (including phenoxy) is 2. The SMILES string of the molecule is COc1cccc(-c2n[nH]c(=S)c(C)c2C)c1OC. The van der Waals surface area contributed by atoms with Crippen LogP contribution < -0.4 is 9.47 Å². The van der Waals surface area contributed by atoms with Crippen molar-refractivity contribution in [3.63, 3.8) is 0 Å². The predicted octanol–water partition coefficient (Wildman–Crippen LogP) is 3.44. The summed E-state index contributed by atoms with van der Waals surface area (Å²) in [4.78, 5) is 0. The van der Waals surface area contributed by atoms with Crippen molar-refractivity contribution in [2.45, 2.75) is 13.8 Å². The Labute approximate surface area is 117 Å². The lowest BCUT2D eigenvalue weighted by Gasteiger charge is -2.14. The highest BCUT2D eigenvalue weighted by molar-refractivity contribution is 7.71. The van der Waals surface area contributed by atoms with E-state index < -0.39 is 0 Å².